The van der Waals surface area contributed by atoms with Gasteiger partial charge in [-0.1, -0.05) is 25.7 Å². The second-order valence-electron chi connectivity index (χ2n) is 4.33. The van der Waals surface area contributed by atoms with Crippen molar-refractivity contribution in [2.24, 2.45) is 11.7 Å². The van der Waals surface area contributed by atoms with Gasteiger partial charge in [-0.05, 0) is 12.0 Å². The Balaban J connectivity index is 2.14. The molecule has 18 heavy (non-hydrogen) atoms. The van der Waals surface area contributed by atoms with Crippen molar-refractivity contribution in [3.8, 4) is 11.8 Å². The maximum absolute atomic E-state index is 5.53. The third-order valence-electron chi connectivity index (χ3n) is 2.06. The van der Waals surface area contributed by atoms with Gasteiger partial charge in [-0.25, -0.2) is 0 Å². The first-order chi connectivity index (χ1) is 8.72. The normalized spacial score (nSPS) is 10.4. The van der Waals surface area contributed by atoms with Crippen LogP contribution in [0.15, 0.2) is 11.4 Å². The standard InChI is InChI=1S/C14H21NO2S/c1-12(2)9-16-6-7-17-10-14-8-13(11-18-14)4-3-5-15/h8,11-12H,5-7,9-10,15H2,1-2H3. The van der Waals surface area contributed by atoms with E-state index in [1.807, 2.05) is 11.4 Å². The summed E-state index contributed by atoms with van der Waals surface area (Å²) >= 11 is 1.66. The Bertz CT molecular complexity index is 390. The molecule has 0 unspecified atom stereocenters. The minimum atomic E-state index is 0.398. The van der Waals surface area contributed by atoms with Gasteiger partial charge in [0.05, 0.1) is 26.4 Å². The predicted molar refractivity (Wildman–Crippen MR) is 75.6 cm³/mol. The Kier molecular flexibility index (Phi) is 7.70. The quantitative estimate of drug-likeness (QED) is 0.609. The third-order valence-corrected chi connectivity index (χ3v) is 2.97. The zero-order valence-corrected chi connectivity index (χ0v) is 11.9. The van der Waals surface area contributed by atoms with Crippen molar-refractivity contribution >= 4 is 11.3 Å². The van der Waals surface area contributed by atoms with Gasteiger partial charge in [-0.15, -0.1) is 11.3 Å². The maximum Gasteiger partial charge on any atom is 0.0810 e. The highest BCUT2D eigenvalue weighted by Gasteiger charge is 1.98. The monoisotopic (exact) mass is 267 g/mol. The van der Waals surface area contributed by atoms with Crippen LogP contribution in [0.1, 0.15) is 24.3 Å². The molecule has 2 N–H and O–H groups in total. The first kappa shape index (κ1) is 15.2. The minimum Gasteiger partial charge on any atom is -0.379 e. The summed E-state index contributed by atoms with van der Waals surface area (Å²) in [6.07, 6.45) is 0. The van der Waals surface area contributed by atoms with Crippen LogP contribution in [0.3, 0.4) is 0 Å². The van der Waals surface area contributed by atoms with Gasteiger partial charge in [0.25, 0.3) is 0 Å². The van der Waals surface area contributed by atoms with E-state index in [0.717, 1.165) is 12.2 Å². The number of hydrogen-bond donors (Lipinski definition) is 1. The Labute approximate surface area is 113 Å². The van der Waals surface area contributed by atoms with Crippen molar-refractivity contribution in [2.75, 3.05) is 26.4 Å². The van der Waals surface area contributed by atoms with Gasteiger partial charge in [0.15, 0.2) is 0 Å². The molecule has 0 aromatic carbocycles. The summed E-state index contributed by atoms with van der Waals surface area (Å²) < 4.78 is 11.0. The average Bonchev–Trinajstić information content (AvgIpc) is 2.78. The first-order valence-electron chi connectivity index (χ1n) is 6.14. The Morgan fingerprint density at radius 1 is 1.33 bits per heavy atom. The van der Waals surface area contributed by atoms with Gasteiger partial charge in [-0.3, -0.25) is 0 Å². The molecule has 0 atom stereocenters. The zero-order valence-electron chi connectivity index (χ0n) is 11.1. The molecule has 1 aromatic rings. The van der Waals surface area contributed by atoms with Gasteiger partial charge in [0.1, 0.15) is 0 Å². The molecule has 0 spiro atoms. The number of ether oxygens (including phenoxy) is 2. The molecular formula is C14H21NO2S. The van der Waals surface area contributed by atoms with Crippen LogP contribution in [0.4, 0.5) is 0 Å². The lowest BCUT2D eigenvalue weighted by Gasteiger charge is -2.06. The van der Waals surface area contributed by atoms with Gasteiger partial charge < -0.3 is 15.2 Å². The lowest BCUT2D eigenvalue weighted by Crippen LogP contribution is -2.08. The Morgan fingerprint density at radius 3 is 2.83 bits per heavy atom. The lowest BCUT2D eigenvalue weighted by atomic mass is 10.2. The second-order valence-corrected chi connectivity index (χ2v) is 5.32. The molecule has 1 aromatic heterocycles. The molecular weight excluding hydrogens is 246 g/mol. The SMILES string of the molecule is CC(C)COCCOCc1cc(C#CCN)cs1. The molecule has 3 nitrogen and oxygen atoms in total. The van der Waals surface area contributed by atoms with Crippen LogP contribution >= 0.6 is 11.3 Å². The highest BCUT2D eigenvalue weighted by atomic mass is 32.1. The van der Waals surface area contributed by atoms with E-state index in [1.165, 1.54) is 4.88 Å². The summed E-state index contributed by atoms with van der Waals surface area (Å²) in [6.45, 7) is 7.38. The van der Waals surface area contributed by atoms with E-state index in [0.29, 0.717) is 32.3 Å². The van der Waals surface area contributed by atoms with Crippen molar-refractivity contribution in [1.29, 1.82) is 0 Å². The summed E-state index contributed by atoms with van der Waals surface area (Å²) in [5.74, 6) is 6.41. The number of hydrogen-bond acceptors (Lipinski definition) is 4. The van der Waals surface area contributed by atoms with Crippen molar-refractivity contribution in [3.63, 3.8) is 0 Å². The van der Waals surface area contributed by atoms with E-state index in [-0.39, 0.29) is 0 Å². The molecule has 0 radical (unpaired) electrons. The number of rotatable bonds is 7. The van der Waals surface area contributed by atoms with Crippen LogP contribution < -0.4 is 5.73 Å². The van der Waals surface area contributed by atoms with Crippen LogP contribution in [0.5, 0.6) is 0 Å². The number of thiophene rings is 1. The molecule has 0 aliphatic carbocycles. The molecule has 4 heteroatoms. The Morgan fingerprint density at radius 2 is 2.11 bits per heavy atom. The van der Waals surface area contributed by atoms with Crippen LogP contribution in [-0.2, 0) is 16.1 Å². The van der Waals surface area contributed by atoms with Gasteiger partial charge >= 0.3 is 0 Å². The zero-order chi connectivity index (χ0) is 13.2. The van der Waals surface area contributed by atoms with E-state index in [9.17, 15) is 0 Å². The van der Waals surface area contributed by atoms with Crippen molar-refractivity contribution in [2.45, 2.75) is 20.5 Å². The second kappa shape index (κ2) is 9.12. The molecule has 0 saturated carbocycles. The summed E-state index contributed by atoms with van der Waals surface area (Å²) in [5, 5.41) is 2.02. The minimum absolute atomic E-state index is 0.398. The van der Waals surface area contributed by atoms with Crippen molar-refractivity contribution in [1.82, 2.24) is 0 Å². The lowest BCUT2D eigenvalue weighted by molar-refractivity contribution is 0.0322. The number of nitrogens with two attached hydrogens (primary N) is 1. The summed E-state index contributed by atoms with van der Waals surface area (Å²) in [5.41, 5.74) is 6.34. The highest BCUT2D eigenvalue weighted by Crippen LogP contribution is 2.14. The van der Waals surface area contributed by atoms with Gasteiger partial charge in [0, 0.05) is 22.4 Å². The summed E-state index contributed by atoms with van der Waals surface area (Å²) in [4.78, 5) is 1.18. The van der Waals surface area contributed by atoms with Crippen LogP contribution in [0, 0.1) is 17.8 Å². The molecule has 100 valence electrons. The van der Waals surface area contributed by atoms with Crippen LogP contribution in [-0.4, -0.2) is 26.4 Å². The first-order valence-corrected chi connectivity index (χ1v) is 7.02. The van der Waals surface area contributed by atoms with Crippen LogP contribution in [0.25, 0.3) is 0 Å². The van der Waals surface area contributed by atoms with E-state index < -0.39 is 0 Å². The van der Waals surface area contributed by atoms with Crippen LogP contribution in [0.2, 0.25) is 0 Å². The fraction of sp³-hybridized carbons (Fsp3) is 0.571. The molecule has 0 amide bonds. The summed E-state index contributed by atoms with van der Waals surface area (Å²) in [6, 6.07) is 2.04. The average molecular weight is 267 g/mol. The van der Waals surface area contributed by atoms with E-state index in [2.05, 4.69) is 25.7 Å². The molecule has 0 aliphatic rings. The molecule has 0 aliphatic heterocycles. The fourth-order valence-electron chi connectivity index (χ4n) is 1.28. The molecule has 1 heterocycles. The smallest absolute Gasteiger partial charge is 0.0810 e. The third kappa shape index (κ3) is 6.77. The topological polar surface area (TPSA) is 44.5 Å². The van der Waals surface area contributed by atoms with Gasteiger partial charge in [0.2, 0.25) is 0 Å². The highest BCUT2D eigenvalue weighted by molar-refractivity contribution is 7.10. The van der Waals surface area contributed by atoms with E-state index in [1.54, 1.807) is 11.3 Å². The van der Waals surface area contributed by atoms with Gasteiger partial charge in [-0.2, -0.15) is 0 Å². The molecule has 0 fully saturated rings. The maximum atomic E-state index is 5.53. The molecule has 0 bridgehead atoms. The molecule has 0 saturated heterocycles. The van der Waals surface area contributed by atoms with Crippen molar-refractivity contribution in [3.05, 3.63) is 21.9 Å². The summed E-state index contributed by atoms with van der Waals surface area (Å²) in [7, 11) is 0. The fourth-order valence-corrected chi connectivity index (χ4v) is 2.04. The van der Waals surface area contributed by atoms with E-state index >= 15 is 0 Å². The van der Waals surface area contributed by atoms with E-state index in [4.69, 9.17) is 15.2 Å². The molecule has 1 rings (SSSR count). The Hall–Kier alpha value is -0.860. The largest absolute Gasteiger partial charge is 0.379 e. The predicted octanol–water partition coefficient (Wildman–Crippen LogP) is 2.25. The van der Waals surface area contributed by atoms with Crippen molar-refractivity contribution < 1.29 is 9.47 Å².